The number of carbonyl (C=O) groups is 4. The van der Waals surface area contributed by atoms with Crippen LogP contribution in [0, 0.1) is 18.8 Å². The first-order valence-electron chi connectivity index (χ1n) is 17.4. The normalized spacial score (nSPS) is 30.4. The number of aryl methyl sites for hydroxylation is 1. The average Bonchev–Trinajstić information content (AvgIpc) is 3.73. The fraction of sp³-hybridized carbons (Fsp3) is 0.350. The molecule has 3 aromatic carbocycles. The number of aliphatic hydroxyl groups is 1. The Morgan fingerprint density at radius 3 is 2.37 bits per heavy atom. The summed E-state index contributed by atoms with van der Waals surface area (Å²) in [5.74, 6) is -4.28. The van der Waals surface area contributed by atoms with Crippen LogP contribution in [-0.4, -0.2) is 70.6 Å². The zero-order chi connectivity index (χ0) is 36.7. The molecule has 0 radical (unpaired) electrons. The van der Waals surface area contributed by atoms with Gasteiger partial charge in [0.1, 0.15) is 29.8 Å². The number of likely N-dealkylation sites (tertiary alicyclic amines) is 1. The van der Waals surface area contributed by atoms with E-state index in [1.807, 2.05) is 55.5 Å². The maximum atomic E-state index is 15.4. The Morgan fingerprint density at radius 1 is 0.962 bits per heavy atom. The van der Waals surface area contributed by atoms with Crippen LogP contribution in [0.4, 0.5) is 5.69 Å². The summed E-state index contributed by atoms with van der Waals surface area (Å²) in [5.41, 5.74) is 0.851. The third-order valence-electron chi connectivity index (χ3n) is 10.5. The van der Waals surface area contributed by atoms with Crippen LogP contribution in [-0.2, 0) is 28.7 Å². The van der Waals surface area contributed by atoms with Gasteiger partial charge in [-0.25, -0.2) is 0 Å². The van der Waals surface area contributed by atoms with E-state index in [9.17, 15) is 14.7 Å². The lowest BCUT2D eigenvalue weighted by molar-refractivity contribution is -0.161. The monoisotopic (exact) mass is 787 g/mol. The number of hydrogen-bond acceptors (Lipinski definition) is 7. The topological polar surface area (TPSA) is 125 Å². The van der Waals surface area contributed by atoms with Crippen molar-refractivity contribution in [2.75, 3.05) is 18.1 Å². The molecule has 2 N–H and O–H groups in total. The van der Waals surface area contributed by atoms with Crippen molar-refractivity contribution >= 4 is 56.9 Å². The number of carbonyl (C=O) groups excluding carboxylic acids is 4. The first-order valence-corrected chi connectivity index (χ1v) is 18.5. The molecule has 5 bridgehead atoms. The van der Waals surface area contributed by atoms with Gasteiger partial charge in [-0.3, -0.25) is 19.2 Å². The van der Waals surface area contributed by atoms with Gasteiger partial charge in [-0.1, -0.05) is 112 Å². The van der Waals surface area contributed by atoms with Gasteiger partial charge in [0.2, 0.25) is 11.8 Å². The van der Waals surface area contributed by atoms with Gasteiger partial charge in [0.15, 0.2) is 0 Å². The Hall–Kier alpha value is -4.29. The Balaban J connectivity index is 1.41. The summed E-state index contributed by atoms with van der Waals surface area (Å²) in [7, 11) is 0. The van der Waals surface area contributed by atoms with Crippen LogP contribution >= 0.6 is 27.5 Å². The average molecular weight is 789 g/mol. The van der Waals surface area contributed by atoms with E-state index in [0.29, 0.717) is 32.7 Å². The number of fused-ring (bicyclic) bond motifs is 2. The summed E-state index contributed by atoms with van der Waals surface area (Å²) in [5, 5.41) is 14.3. The lowest BCUT2D eigenvalue weighted by Gasteiger charge is -2.39. The van der Waals surface area contributed by atoms with Crippen molar-refractivity contribution in [1.82, 2.24) is 10.2 Å². The fourth-order valence-electron chi connectivity index (χ4n) is 8.19. The third kappa shape index (κ3) is 6.17. The van der Waals surface area contributed by atoms with E-state index in [1.165, 1.54) is 9.80 Å². The second kappa shape index (κ2) is 14.6. The highest BCUT2D eigenvalue weighted by Crippen LogP contribution is 2.60. The Morgan fingerprint density at radius 2 is 1.67 bits per heavy atom. The van der Waals surface area contributed by atoms with Crippen LogP contribution in [0.15, 0.2) is 102 Å². The van der Waals surface area contributed by atoms with Crippen molar-refractivity contribution in [3.05, 3.63) is 123 Å². The molecule has 4 heterocycles. The molecule has 7 rings (SSSR count). The molecule has 0 aliphatic carbocycles. The molecule has 3 aromatic rings. The summed E-state index contributed by atoms with van der Waals surface area (Å²) in [6.45, 7) is 3.18. The SMILES string of the molecule is Cc1cccc(Cl)c1N1C/C=C\CCC(=O)N[C@H](C)[C@@H](c2ccccc2)OC(=O)[C@@H]2[C@H]3O[C@@]4(C=C3Br)[C@H](C1=O)N([C@H](CO)c1ccccc1)C(=O)[C@@H]24. The highest BCUT2D eigenvalue weighted by molar-refractivity contribution is 9.11. The maximum absolute atomic E-state index is 15.4. The number of nitrogens with zero attached hydrogens (tertiary/aromatic N) is 2. The van der Waals surface area contributed by atoms with Crippen molar-refractivity contribution in [2.45, 2.75) is 62.6 Å². The van der Waals surface area contributed by atoms with Crippen molar-refractivity contribution in [2.24, 2.45) is 11.8 Å². The Labute approximate surface area is 315 Å². The standard InChI is InChI=1S/C40H39BrClN3O7/c1-23-13-12-18-28(42)33(23)44-20-11-5-10-19-30(47)43-24(2)34(26-16-8-4-9-17-26)51-39(50)31-32-37(48)45(29(22-46)25-14-6-3-7-15-25)36(38(44)49)40(32)21-27(41)35(31)52-40/h3-9,11-18,21,24,29,31-32,34-36,46H,10,19-20,22H2,1-2H3,(H,43,47)/b11-5-/t24-,29-,31+,32-,34+,35+,36+,40-/m1/s1. The number of ether oxygens (including phenoxy) is 2. The zero-order valence-electron chi connectivity index (χ0n) is 28.7. The number of esters is 1. The molecule has 3 amide bonds. The minimum absolute atomic E-state index is 0.0612. The predicted octanol–water partition coefficient (Wildman–Crippen LogP) is 5.73. The number of anilines is 1. The molecule has 1 spiro atoms. The van der Waals surface area contributed by atoms with E-state index in [0.717, 1.165) is 5.56 Å². The maximum Gasteiger partial charge on any atom is 0.313 e. The van der Waals surface area contributed by atoms with E-state index in [1.54, 1.807) is 55.5 Å². The van der Waals surface area contributed by atoms with Gasteiger partial charge >= 0.3 is 5.97 Å². The van der Waals surface area contributed by atoms with Gasteiger partial charge in [-0.15, -0.1) is 0 Å². The number of halogens is 2. The highest BCUT2D eigenvalue weighted by Gasteiger charge is 2.75. The highest BCUT2D eigenvalue weighted by atomic mass is 79.9. The van der Waals surface area contributed by atoms with E-state index >= 15 is 9.59 Å². The first-order chi connectivity index (χ1) is 25.1. The van der Waals surface area contributed by atoms with E-state index in [2.05, 4.69) is 21.2 Å². The van der Waals surface area contributed by atoms with Crippen LogP contribution in [0.1, 0.15) is 48.6 Å². The third-order valence-corrected chi connectivity index (χ3v) is 11.5. The zero-order valence-corrected chi connectivity index (χ0v) is 31.0. The number of aliphatic hydroxyl groups excluding tert-OH is 1. The van der Waals surface area contributed by atoms with E-state index < -0.39 is 72.2 Å². The van der Waals surface area contributed by atoms with Crippen molar-refractivity contribution in [3.63, 3.8) is 0 Å². The number of hydrogen-bond donors (Lipinski definition) is 2. The fourth-order valence-corrected chi connectivity index (χ4v) is 9.25. The van der Waals surface area contributed by atoms with Crippen LogP contribution < -0.4 is 10.2 Å². The number of rotatable bonds is 5. The Kier molecular flexibility index (Phi) is 10.1. The van der Waals surface area contributed by atoms with Gasteiger partial charge in [0, 0.05) is 17.4 Å². The molecular formula is C40H39BrClN3O7. The summed E-state index contributed by atoms with van der Waals surface area (Å²) in [4.78, 5) is 61.1. The van der Waals surface area contributed by atoms with Gasteiger partial charge in [-0.05, 0) is 49.1 Å². The smallest absolute Gasteiger partial charge is 0.313 e. The minimum Gasteiger partial charge on any atom is -0.455 e. The minimum atomic E-state index is -1.60. The second-order valence-electron chi connectivity index (χ2n) is 13.7. The molecule has 2 saturated heterocycles. The van der Waals surface area contributed by atoms with Gasteiger partial charge in [0.05, 0.1) is 35.3 Å². The molecule has 52 heavy (non-hydrogen) atoms. The molecular weight excluding hydrogens is 750 g/mol. The van der Waals surface area contributed by atoms with Crippen LogP contribution in [0.25, 0.3) is 0 Å². The molecule has 0 unspecified atom stereocenters. The largest absolute Gasteiger partial charge is 0.455 e. The summed E-state index contributed by atoms with van der Waals surface area (Å²) >= 11 is 10.4. The summed E-state index contributed by atoms with van der Waals surface area (Å²) < 4.78 is 13.5. The van der Waals surface area contributed by atoms with Crippen molar-refractivity contribution in [1.29, 1.82) is 0 Å². The van der Waals surface area contributed by atoms with Gasteiger partial charge in [0.25, 0.3) is 5.91 Å². The van der Waals surface area contributed by atoms with Gasteiger partial charge < -0.3 is 29.7 Å². The molecule has 4 aliphatic heterocycles. The lowest BCUT2D eigenvalue weighted by Crippen LogP contribution is -2.57. The molecule has 10 nitrogen and oxygen atoms in total. The number of benzene rings is 3. The molecule has 8 atom stereocenters. The summed E-state index contributed by atoms with van der Waals surface area (Å²) in [6, 6.07) is 20.5. The quantitative estimate of drug-likeness (QED) is 0.250. The number of para-hydroxylation sites is 1. The second-order valence-corrected chi connectivity index (χ2v) is 15.0. The molecule has 4 aliphatic rings. The Bertz CT molecular complexity index is 1920. The molecule has 270 valence electrons. The van der Waals surface area contributed by atoms with Crippen LogP contribution in [0.3, 0.4) is 0 Å². The van der Waals surface area contributed by atoms with Crippen molar-refractivity contribution in [3.8, 4) is 0 Å². The van der Waals surface area contributed by atoms with Crippen LogP contribution in [0.2, 0.25) is 5.02 Å². The molecule has 0 saturated carbocycles. The number of cyclic esters (lactones) is 1. The summed E-state index contributed by atoms with van der Waals surface area (Å²) in [6.07, 6.45) is 4.08. The van der Waals surface area contributed by atoms with E-state index in [-0.39, 0.29) is 18.9 Å². The molecule has 0 aromatic heterocycles. The number of nitrogens with one attached hydrogen (secondary N) is 1. The van der Waals surface area contributed by atoms with E-state index in [4.69, 9.17) is 21.1 Å². The molecule has 2 fully saturated rings. The molecule has 12 heteroatoms. The number of amides is 3. The first kappa shape index (κ1) is 36.1. The lowest BCUT2D eigenvalue weighted by atomic mass is 9.74. The van der Waals surface area contributed by atoms with Crippen molar-refractivity contribution < 1.29 is 33.8 Å². The predicted molar refractivity (Wildman–Crippen MR) is 198 cm³/mol. The van der Waals surface area contributed by atoms with Gasteiger partial charge in [-0.2, -0.15) is 0 Å². The number of allylic oxidation sites excluding steroid dienone is 1. The van der Waals surface area contributed by atoms with Crippen LogP contribution in [0.5, 0.6) is 0 Å².